The number of carbonyl (C=O) groups excluding carboxylic acids is 2. The number of fused-ring (bicyclic) bond motifs is 6. The topological polar surface area (TPSA) is 148 Å². The zero-order chi connectivity index (χ0) is 38.6. The van der Waals surface area contributed by atoms with E-state index in [1.165, 1.54) is 0 Å². The molecule has 4 unspecified atom stereocenters. The molecule has 0 aromatic carbocycles. The van der Waals surface area contributed by atoms with Gasteiger partial charge in [0.15, 0.2) is 0 Å². The summed E-state index contributed by atoms with van der Waals surface area (Å²) < 4.78 is 0. The number of nitrogens with one attached hydrogen (secondary N) is 4. The number of carboxylic acids is 1. The summed E-state index contributed by atoms with van der Waals surface area (Å²) in [5.41, 5.74) is 7.62. The molecule has 5 N–H and O–H groups in total. The number of unbranched alkanes of at least 4 members (excludes halogenated alkanes) is 2. The second-order valence-corrected chi connectivity index (χ2v) is 15.1. The third kappa shape index (κ3) is 7.97. The van der Waals surface area contributed by atoms with Gasteiger partial charge in [-0.1, -0.05) is 60.1 Å². The van der Waals surface area contributed by atoms with Gasteiger partial charge in [0.2, 0.25) is 11.8 Å². The molecule has 5 rings (SSSR count). The molecule has 284 valence electrons. The Balaban J connectivity index is 1.81. The zero-order valence-electron chi connectivity index (χ0n) is 32.9. The number of carboxylic acid groups (broad SMARTS) is 1. The molecule has 10 nitrogen and oxygen atoms in total. The summed E-state index contributed by atoms with van der Waals surface area (Å²) in [6.45, 7) is 21.7. The Bertz CT molecular complexity index is 2000. The van der Waals surface area contributed by atoms with E-state index in [1.807, 2.05) is 19.9 Å². The molecule has 2 amide bonds. The van der Waals surface area contributed by atoms with Crippen LogP contribution in [0.1, 0.15) is 111 Å². The SMILES string of the molecule is C=Cc1c(C)/c2[nH]/c1=C\C1=NC(=C\C3(C)NC(=C(C(=O)O)C3C)/C(CC(=O)NCCCC)=C3N=C(\C=2)C(C)C\3CCC(=O)NCCCC)/C(CC)=C1C. The van der Waals surface area contributed by atoms with Crippen LogP contribution in [0.3, 0.4) is 0 Å². The van der Waals surface area contributed by atoms with Gasteiger partial charge in [0.05, 0.1) is 40.3 Å². The highest BCUT2D eigenvalue weighted by molar-refractivity contribution is 6.23. The van der Waals surface area contributed by atoms with Gasteiger partial charge < -0.3 is 26.0 Å². The van der Waals surface area contributed by atoms with Gasteiger partial charge in [-0.3, -0.25) is 14.6 Å². The lowest BCUT2D eigenvalue weighted by Gasteiger charge is -2.29. The third-order valence-corrected chi connectivity index (χ3v) is 11.6. The van der Waals surface area contributed by atoms with Crippen molar-refractivity contribution in [2.75, 3.05) is 13.1 Å². The molecule has 10 heteroatoms. The number of aromatic nitrogens is 1. The predicted octanol–water partition coefficient (Wildman–Crippen LogP) is 5.91. The standard InChI is InChI=1S/C43H58N6O4/c1-10-14-18-44-37(50)17-16-30-26(7)34-21-32-24(5)28(12-3)35(46-32)22-33-25(6)29(13-4)36(47-33)23-43(9)27(8)39(42(52)53)41(49-43)31(40(30)48-34)20-38(51)45-19-15-11-2/h12,21-23,26-27,30,46,49H,3,10-11,13-20H2,1-2,4-9H3,(H,44,50)(H,45,51)(H,52,53)/b32-21-,35-22-,36-23-,40-31-. The van der Waals surface area contributed by atoms with Crippen molar-refractivity contribution in [3.05, 3.63) is 73.9 Å². The highest BCUT2D eigenvalue weighted by Crippen LogP contribution is 2.45. The van der Waals surface area contributed by atoms with Crippen molar-refractivity contribution in [1.29, 1.82) is 0 Å². The van der Waals surface area contributed by atoms with E-state index in [-0.39, 0.29) is 42.1 Å². The van der Waals surface area contributed by atoms with E-state index < -0.39 is 17.4 Å². The first-order valence-electron chi connectivity index (χ1n) is 19.5. The van der Waals surface area contributed by atoms with Crippen molar-refractivity contribution in [3.63, 3.8) is 0 Å². The molecular weight excluding hydrogens is 665 g/mol. The van der Waals surface area contributed by atoms with E-state index in [9.17, 15) is 19.5 Å². The lowest BCUT2D eigenvalue weighted by atomic mass is 9.82. The highest BCUT2D eigenvalue weighted by Gasteiger charge is 2.46. The molecule has 4 aliphatic rings. The lowest BCUT2D eigenvalue weighted by molar-refractivity contribution is -0.133. The maximum absolute atomic E-state index is 13.7. The Kier molecular flexibility index (Phi) is 12.3. The molecule has 1 aromatic heterocycles. The summed E-state index contributed by atoms with van der Waals surface area (Å²) in [4.78, 5) is 54.1. The van der Waals surface area contributed by atoms with Crippen LogP contribution in [0.25, 0.3) is 18.2 Å². The Labute approximate surface area is 314 Å². The summed E-state index contributed by atoms with van der Waals surface area (Å²) in [5.74, 6) is -2.11. The fourth-order valence-electron chi connectivity index (χ4n) is 8.05. The van der Waals surface area contributed by atoms with Gasteiger partial charge in [0.1, 0.15) is 0 Å². The number of hydrogen-bond acceptors (Lipinski definition) is 6. The van der Waals surface area contributed by atoms with Gasteiger partial charge in [0.25, 0.3) is 0 Å². The van der Waals surface area contributed by atoms with Crippen molar-refractivity contribution < 1.29 is 19.5 Å². The van der Waals surface area contributed by atoms with Crippen molar-refractivity contribution in [2.24, 2.45) is 27.7 Å². The van der Waals surface area contributed by atoms with Crippen LogP contribution >= 0.6 is 0 Å². The van der Waals surface area contributed by atoms with Crippen LogP contribution in [-0.2, 0) is 14.4 Å². The quantitative estimate of drug-likeness (QED) is 0.152. The highest BCUT2D eigenvalue weighted by atomic mass is 16.4. The number of nitrogens with zero attached hydrogens (tertiary/aromatic N) is 2. The fraction of sp³-hybridized carbons (Fsp3) is 0.512. The normalized spacial score (nSPS) is 27.2. The minimum atomic E-state index is -1.05. The molecule has 53 heavy (non-hydrogen) atoms. The van der Waals surface area contributed by atoms with Crippen LogP contribution in [0.2, 0.25) is 0 Å². The van der Waals surface area contributed by atoms with Crippen molar-refractivity contribution in [1.82, 2.24) is 20.9 Å². The number of aromatic amines is 1. The van der Waals surface area contributed by atoms with E-state index >= 15 is 0 Å². The maximum atomic E-state index is 13.7. The second-order valence-electron chi connectivity index (χ2n) is 15.1. The molecule has 4 atom stereocenters. The van der Waals surface area contributed by atoms with Crippen molar-refractivity contribution in [3.8, 4) is 0 Å². The number of H-pyrrole nitrogens is 1. The minimum Gasteiger partial charge on any atom is -0.478 e. The Morgan fingerprint density at radius 2 is 1.66 bits per heavy atom. The largest absolute Gasteiger partial charge is 0.478 e. The number of hydrogen-bond donors (Lipinski definition) is 5. The van der Waals surface area contributed by atoms with E-state index in [0.29, 0.717) is 36.5 Å². The number of aliphatic imine (C=N–C) groups is 2. The molecule has 1 aromatic rings. The number of aliphatic carboxylic acids is 1. The van der Waals surface area contributed by atoms with Gasteiger partial charge in [-0.2, -0.15) is 0 Å². The van der Waals surface area contributed by atoms with E-state index in [1.54, 1.807) is 0 Å². The van der Waals surface area contributed by atoms with Crippen molar-refractivity contribution in [2.45, 2.75) is 112 Å². The Hall–Kier alpha value is -4.73. The average molecular weight is 723 g/mol. The predicted molar refractivity (Wildman–Crippen MR) is 214 cm³/mol. The van der Waals surface area contributed by atoms with Crippen molar-refractivity contribution >= 4 is 47.4 Å². The fourth-order valence-corrected chi connectivity index (χ4v) is 8.05. The monoisotopic (exact) mass is 722 g/mol. The first-order chi connectivity index (χ1) is 25.3. The zero-order valence-corrected chi connectivity index (χ0v) is 32.9. The van der Waals surface area contributed by atoms with Gasteiger partial charge in [-0.15, -0.1) is 0 Å². The average Bonchev–Trinajstić information content (AvgIpc) is 3.77. The van der Waals surface area contributed by atoms with E-state index in [0.717, 1.165) is 82.2 Å². The molecule has 8 bridgehead atoms. The van der Waals surface area contributed by atoms with E-state index in [4.69, 9.17) is 9.98 Å². The smallest absolute Gasteiger partial charge is 0.334 e. The summed E-state index contributed by atoms with van der Waals surface area (Å²) in [5, 5.41) is 22.4. The summed E-state index contributed by atoms with van der Waals surface area (Å²) in [6, 6.07) is 0. The number of rotatable bonds is 14. The van der Waals surface area contributed by atoms with Gasteiger partial charge in [-0.25, -0.2) is 9.79 Å². The number of carbonyl (C=O) groups is 3. The van der Waals surface area contributed by atoms with Gasteiger partial charge in [0, 0.05) is 64.8 Å². The summed E-state index contributed by atoms with van der Waals surface area (Å²) in [6.07, 6.45) is 13.2. The third-order valence-electron chi connectivity index (χ3n) is 11.6. The van der Waals surface area contributed by atoms with Gasteiger partial charge >= 0.3 is 5.97 Å². The van der Waals surface area contributed by atoms with Crippen LogP contribution in [0.15, 0.2) is 62.0 Å². The number of amides is 2. The summed E-state index contributed by atoms with van der Waals surface area (Å²) in [7, 11) is 0. The maximum Gasteiger partial charge on any atom is 0.334 e. The lowest BCUT2D eigenvalue weighted by Crippen LogP contribution is -2.41. The minimum absolute atomic E-state index is 0.0284. The molecule has 0 saturated heterocycles. The number of allylic oxidation sites excluding steroid dienone is 4. The van der Waals surface area contributed by atoms with Crippen LogP contribution in [-0.4, -0.2) is 57.9 Å². The second kappa shape index (κ2) is 16.5. The van der Waals surface area contributed by atoms with Crippen LogP contribution in [0.5, 0.6) is 0 Å². The molecule has 0 fully saturated rings. The van der Waals surface area contributed by atoms with Gasteiger partial charge in [-0.05, 0) is 81.4 Å². The van der Waals surface area contributed by atoms with E-state index in [2.05, 4.69) is 87.3 Å². The Morgan fingerprint density at radius 1 is 0.981 bits per heavy atom. The molecular formula is C43H58N6O4. The Morgan fingerprint density at radius 3 is 2.28 bits per heavy atom. The molecule has 5 heterocycles. The molecule has 0 spiro atoms. The molecule has 0 aliphatic carbocycles. The molecule has 4 aliphatic heterocycles. The first kappa shape index (κ1) is 39.5. The van der Waals surface area contributed by atoms with Crippen LogP contribution < -0.4 is 26.6 Å². The first-order valence-corrected chi connectivity index (χ1v) is 19.5. The summed E-state index contributed by atoms with van der Waals surface area (Å²) >= 11 is 0. The molecule has 0 radical (unpaired) electrons. The molecule has 0 saturated carbocycles. The van der Waals surface area contributed by atoms with Crippen LogP contribution in [0, 0.1) is 24.7 Å². The van der Waals surface area contributed by atoms with Crippen LogP contribution in [0.4, 0.5) is 0 Å².